The van der Waals surface area contributed by atoms with Crippen LogP contribution in [-0.4, -0.2) is 22.5 Å². The molecule has 21 heavy (non-hydrogen) atoms. The van der Waals surface area contributed by atoms with Gasteiger partial charge < -0.3 is 5.21 Å². The highest BCUT2D eigenvalue weighted by molar-refractivity contribution is 6.05. The van der Waals surface area contributed by atoms with E-state index in [1.54, 1.807) is 0 Å². The normalized spacial score (nSPS) is 24.3. The van der Waals surface area contributed by atoms with E-state index in [1.807, 2.05) is 0 Å². The Balaban J connectivity index is 2.88. The van der Waals surface area contributed by atoms with Gasteiger partial charge in [-0.2, -0.15) is 0 Å². The van der Waals surface area contributed by atoms with Crippen molar-refractivity contribution in [3.05, 3.63) is 0 Å². The molecule has 0 amide bonds. The zero-order valence-electron chi connectivity index (χ0n) is 13.4. The fraction of sp³-hybridized carbons (Fsp3) is 0.824. The fourth-order valence-electron chi connectivity index (χ4n) is 3.42. The van der Waals surface area contributed by atoms with E-state index < -0.39 is 5.92 Å². The van der Waals surface area contributed by atoms with E-state index in [0.29, 0.717) is 12.1 Å². The summed E-state index contributed by atoms with van der Waals surface area (Å²) < 4.78 is 0. The van der Waals surface area contributed by atoms with E-state index in [4.69, 9.17) is 0 Å². The topological polar surface area (TPSA) is 66.7 Å². The summed E-state index contributed by atoms with van der Waals surface area (Å²) in [5.74, 6) is -1.08. The highest BCUT2D eigenvalue weighted by Gasteiger charge is 2.33. The average Bonchev–Trinajstić information content (AvgIpc) is 2.41. The van der Waals surface area contributed by atoms with Gasteiger partial charge >= 0.3 is 0 Å². The summed E-state index contributed by atoms with van der Waals surface area (Å²) in [7, 11) is 0. The van der Waals surface area contributed by atoms with Crippen molar-refractivity contribution in [2.24, 2.45) is 17.0 Å². The van der Waals surface area contributed by atoms with E-state index in [2.05, 4.69) is 5.16 Å². The molecule has 0 aromatic rings. The number of Topliss-reactive ketones (excluding diaryl/α,β-unsaturated/α-hetero) is 2. The molecular weight excluding hydrogens is 266 g/mol. The first-order chi connectivity index (χ1) is 10.1. The van der Waals surface area contributed by atoms with Crippen molar-refractivity contribution in [3.63, 3.8) is 0 Å². The molecule has 4 heteroatoms. The Bertz CT molecular complexity index is 362. The molecule has 0 aliphatic heterocycles. The Morgan fingerprint density at radius 2 is 1.43 bits per heavy atom. The van der Waals surface area contributed by atoms with Gasteiger partial charge in [0.05, 0.1) is 11.6 Å². The number of nitrogens with zero attached hydrogens (tertiary/aromatic N) is 1. The number of ketones is 2. The summed E-state index contributed by atoms with van der Waals surface area (Å²) in [6, 6.07) is 0. The third-order valence-corrected chi connectivity index (χ3v) is 4.53. The first-order valence-electron chi connectivity index (χ1n) is 8.29. The first-order valence-corrected chi connectivity index (χ1v) is 8.29. The maximum atomic E-state index is 11.9. The van der Waals surface area contributed by atoms with E-state index in [0.717, 1.165) is 32.1 Å². The number of oxime groups is 1. The summed E-state index contributed by atoms with van der Waals surface area (Å²) in [5.41, 5.74) is 0.644. The summed E-state index contributed by atoms with van der Waals surface area (Å²) in [6.07, 6.45) is 10.6. The standard InChI is InChI=1S/C17H29NO3/c1-13(19)17(14(2)20)15-11-9-7-5-3-4-6-8-10-12-16(15)18-21/h15,17,21H,3-12H2,1-2H3. The molecule has 4 nitrogen and oxygen atoms in total. The summed E-state index contributed by atoms with van der Waals surface area (Å²) in [5, 5.41) is 12.8. The monoisotopic (exact) mass is 295 g/mol. The molecule has 1 atom stereocenters. The predicted octanol–water partition coefficient (Wildman–Crippen LogP) is 4.14. The van der Waals surface area contributed by atoms with Crippen LogP contribution in [0, 0.1) is 11.8 Å². The second kappa shape index (κ2) is 9.69. The highest BCUT2D eigenvalue weighted by Crippen LogP contribution is 2.27. The summed E-state index contributed by atoms with van der Waals surface area (Å²) in [6.45, 7) is 2.94. The first kappa shape index (κ1) is 17.9. The van der Waals surface area contributed by atoms with Crippen LogP contribution in [0.4, 0.5) is 0 Å². The van der Waals surface area contributed by atoms with Gasteiger partial charge in [0.1, 0.15) is 11.6 Å². The Hall–Kier alpha value is -1.19. The van der Waals surface area contributed by atoms with E-state index in [-0.39, 0.29) is 17.5 Å². The minimum absolute atomic E-state index is 0.110. The molecule has 1 fully saturated rings. The van der Waals surface area contributed by atoms with Crippen LogP contribution < -0.4 is 0 Å². The van der Waals surface area contributed by atoms with Gasteiger partial charge in [-0.05, 0) is 33.1 Å². The minimum Gasteiger partial charge on any atom is -0.411 e. The molecule has 1 unspecified atom stereocenters. The van der Waals surface area contributed by atoms with Crippen molar-refractivity contribution < 1.29 is 14.8 Å². The molecule has 1 saturated carbocycles. The van der Waals surface area contributed by atoms with Crippen molar-refractivity contribution in [3.8, 4) is 0 Å². The Morgan fingerprint density at radius 1 is 0.952 bits per heavy atom. The van der Waals surface area contributed by atoms with Crippen LogP contribution in [0.25, 0.3) is 0 Å². The maximum Gasteiger partial charge on any atom is 0.140 e. The SMILES string of the molecule is CC(=O)C(C(C)=O)C1CCCCCCCCCCC1=NO. The van der Waals surface area contributed by atoms with Crippen molar-refractivity contribution >= 4 is 17.3 Å². The van der Waals surface area contributed by atoms with Gasteiger partial charge in [-0.15, -0.1) is 0 Å². The molecule has 0 saturated heterocycles. The second-order valence-electron chi connectivity index (χ2n) is 6.26. The highest BCUT2D eigenvalue weighted by atomic mass is 16.4. The molecule has 0 aromatic carbocycles. The predicted molar refractivity (Wildman–Crippen MR) is 83.7 cm³/mol. The summed E-state index contributed by atoms with van der Waals surface area (Å²) >= 11 is 0. The minimum atomic E-state index is -0.640. The molecule has 1 aliphatic rings. The third kappa shape index (κ3) is 5.98. The molecule has 1 rings (SSSR count). The van der Waals surface area contributed by atoms with Gasteiger partial charge in [0.15, 0.2) is 0 Å². The van der Waals surface area contributed by atoms with Crippen LogP contribution in [0.2, 0.25) is 0 Å². The molecule has 1 aliphatic carbocycles. The lowest BCUT2D eigenvalue weighted by Gasteiger charge is -2.24. The van der Waals surface area contributed by atoms with Crippen LogP contribution >= 0.6 is 0 Å². The van der Waals surface area contributed by atoms with E-state index in [9.17, 15) is 14.8 Å². The summed E-state index contributed by atoms with van der Waals surface area (Å²) in [4.78, 5) is 23.7. The van der Waals surface area contributed by atoms with Crippen molar-refractivity contribution in [1.82, 2.24) is 0 Å². The van der Waals surface area contributed by atoms with Crippen molar-refractivity contribution in [2.45, 2.75) is 78.1 Å². The molecular formula is C17H29NO3. The zero-order chi connectivity index (χ0) is 15.7. The van der Waals surface area contributed by atoms with Gasteiger partial charge in [0, 0.05) is 5.92 Å². The van der Waals surface area contributed by atoms with Crippen LogP contribution in [0.5, 0.6) is 0 Å². The Labute approximate surface area is 128 Å². The van der Waals surface area contributed by atoms with Crippen LogP contribution in [0.15, 0.2) is 5.16 Å². The molecule has 0 bridgehead atoms. The van der Waals surface area contributed by atoms with Gasteiger partial charge in [-0.1, -0.05) is 50.1 Å². The van der Waals surface area contributed by atoms with Gasteiger partial charge in [-0.25, -0.2) is 0 Å². The molecule has 0 heterocycles. The average molecular weight is 295 g/mol. The Morgan fingerprint density at radius 3 is 1.90 bits per heavy atom. The number of rotatable bonds is 3. The number of carbonyl (C=O) groups is 2. The smallest absolute Gasteiger partial charge is 0.140 e. The fourth-order valence-corrected chi connectivity index (χ4v) is 3.42. The number of hydrogen-bond acceptors (Lipinski definition) is 4. The lowest BCUT2D eigenvalue weighted by atomic mass is 9.78. The molecule has 120 valence electrons. The molecule has 1 N–H and O–H groups in total. The van der Waals surface area contributed by atoms with Crippen molar-refractivity contribution in [1.29, 1.82) is 0 Å². The zero-order valence-corrected chi connectivity index (χ0v) is 13.4. The molecule has 0 aromatic heterocycles. The molecule has 0 radical (unpaired) electrons. The van der Waals surface area contributed by atoms with Crippen LogP contribution in [0.3, 0.4) is 0 Å². The lowest BCUT2D eigenvalue weighted by Crippen LogP contribution is -2.34. The van der Waals surface area contributed by atoms with Crippen LogP contribution in [-0.2, 0) is 9.59 Å². The lowest BCUT2D eigenvalue weighted by molar-refractivity contribution is -0.131. The van der Waals surface area contributed by atoms with Crippen LogP contribution in [0.1, 0.15) is 78.1 Å². The van der Waals surface area contributed by atoms with Gasteiger partial charge in [0.25, 0.3) is 0 Å². The maximum absolute atomic E-state index is 11.9. The Kier molecular flexibility index (Phi) is 8.24. The van der Waals surface area contributed by atoms with Gasteiger partial charge in [0.2, 0.25) is 0 Å². The van der Waals surface area contributed by atoms with E-state index >= 15 is 0 Å². The second-order valence-corrected chi connectivity index (χ2v) is 6.26. The molecule has 0 spiro atoms. The third-order valence-electron chi connectivity index (χ3n) is 4.53. The number of carbonyl (C=O) groups excluding carboxylic acids is 2. The van der Waals surface area contributed by atoms with E-state index in [1.165, 1.54) is 39.5 Å². The van der Waals surface area contributed by atoms with Crippen molar-refractivity contribution in [2.75, 3.05) is 0 Å². The van der Waals surface area contributed by atoms with Gasteiger partial charge in [-0.3, -0.25) is 9.59 Å². The largest absolute Gasteiger partial charge is 0.411 e. The quantitative estimate of drug-likeness (QED) is 0.483. The number of hydrogen-bond donors (Lipinski definition) is 1.